The average Bonchev–Trinajstić information content (AvgIpc) is 3.34. The highest BCUT2D eigenvalue weighted by atomic mass is 79.9. The third-order valence-corrected chi connectivity index (χ3v) is 4.48. The van der Waals surface area contributed by atoms with Gasteiger partial charge in [0.05, 0.1) is 5.71 Å². The van der Waals surface area contributed by atoms with Gasteiger partial charge < -0.3 is 0 Å². The molecule has 3 rings (SSSR count). The maximum absolute atomic E-state index is 12.2. The molecule has 1 aliphatic rings. The molecule has 0 bridgehead atoms. The molecule has 2 aromatic carbocycles. The Labute approximate surface area is 138 Å². The van der Waals surface area contributed by atoms with Crippen LogP contribution < -0.4 is 5.43 Å². The smallest absolute Gasteiger partial charge is 0.243 e. The molecule has 2 aromatic rings. The van der Waals surface area contributed by atoms with Crippen molar-refractivity contribution in [3.63, 3.8) is 0 Å². The molecule has 0 aromatic heterocycles. The molecular formula is C18H17BrN2O. The van der Waals surface area contributed by atoms with Crippen molar-refractivity contribution >= 4 is 27.5 Å². The zero-order valence-corrected chi connectivity index (χ0v) is 13.9. The number of benzene rings is 2. The number of hydrogen-bond donors (Lipinski definition) is 1. The number of halogens is 1. The van der Waals surface area contributed by atoms with Crippen molar-refractivity contribution in [2.75, 3.05) is 0 Å². The van der Waals surface area contributed by atoms with Gasteiger partial charge in [0.15, 0.2) is 0 Å². The average molecular weight is 357 g/mol. The molecule has 112 valence electrons. The van der Waals surface area contributed by atoms with Crippen molar-refractivity contribution < 1.29 is 4.79 Å². The van der Waals surface area contributed by atoms with Gasteiger partial charge in [-0.05, 0) is 42.5 Å². The molecule has 3 nitrogen and oxygen atoms in total. The minimum atomic E-state index is 0.00492. The largest absolute Gasteiger partial charge is 0.273 e. The highest BCUT2D eigenvalue weighted by Crippen LogP contribution is 2.47. The predicted molar refractivity (Wildman–Crippen MR) is 91.8 cm³/mol. The van der Waals surface area contributed by atoms with Crippen LogP contribution in [0.4, 0.5) is 0 Å². The summed E-state index contributed by atoms with van der Waals surface area (Å²) in [7, 11) is 0. The summed E-state index contributed by atoms with van der Waals surface area (Å²) in [5.74, 6) is 0.388. The fourth-order valence-corrected chi connectivity index (χ4v) is 2.80. The Balaban J connectivity index is 1.59. The number of hydrogen-bond acceptors (Lipinski definition) is 2. The summed E-state index contributed by atoms with van der Waals surface area (Å²) in [5.41, 5.74) is 5.73. The SMILES string of the molecule is C/C(=N/NC(=O)[C@H]1C[C@H]1c1ccccc1)c1ccc(Br)cc1. The lowest BCUT2D eigenvalue weighted by Gasteiger charge is -2.03. The topological polar surface area (TPSA) is 41.5 Å². The van der Waals surface area contributed by atoms with Crippen LogP contribution in [0.5, 0.6) is 0 Å². The Hall–Kier alpha value is -1.94. The lowest BCUT2D eigenvalue weighted by molar-refractivity contribution is -0.122. The van der Waals surface area contributed by atoms with E-state index in [9.17, 15) is 4.79 Å². The van der Waals surface area contributed by atoms with Gasteiger partial charge in [-0.2, -0.15) is 5.10 Å². The first-order chi connectivity index (χ1) is 10.6. The van der Waals surface area contributed by atoms with Gasteiger partial charge in [-0.1, -0.05) is 58.4 Å². The zero-order valence-electron chi connectivity index (χ0n) is 12.3. The van der Waals surface area contributed by atoms with E-state index in [2.05, 4.69) is 38.6 Å². The van der Waals surface area contributed by atoms with Gasteiger partial charge >= 0.3 is 0 Å². The van der Waals surface area contributed by atoms with E-state index in [1.54, 1.807) is 0 Å². The van der Waals surface area contributed by atoms with Gasteiger partial charge in [-0.15, -0.1) is 0 Å². The Morgan fingerprint density at radius 3 is 2.50 bits per heavy atom. The lowest BCUT2D eigenvalue weighted by Crippen LogP contribution is -2.21. The van der Waals surface area contributed by atoms with E-state index in [1.165, 1.54) is 5.56 Å². The van der Waals surface area contributed by atoms with Crippen LogP contribution in [0.15, 0.2) is 64.2 Å². The number of carbonyl (C=O) groups excluding carboxylic acids is 1. The minimum Gasteiger partial charge on any atom is -0.273 e. The van der Waals surface area contributed by atoms with E-state index < -0.39 is 0 Å². The summed E-state index contributed by atoms with van der Waals surface area (Å²) in [5, 5.41) is 4.22. The summed E-state index contributed by atoms with van der Waals surface area (Å²) >= 11 is 3.40. The molecule has 0 heterocycles. The highest BCUT2D eigenvalue weighted by molar-refractivity contribution is 9.10. The number of nitrogens with zero attached hydrogens (tertiary/aromatic N) is 1. The fraction of sp³-hybridized carbons (Fsp3) is 0.222. The summed E-state index contributed by atoms with van der Waals surface area (Å²) in [6.45, 7) is 1.89. The van der Waals surface area contributed by atoms with Crippen LogP contribution in [-0.2, 0) is 4.79 Å². The maximum atomic E-state index is 12.2. The van der Waals surface area contributed by atoms with Crippen LogP contribution in [-0.4, -0.2) is 11.6 Å². The lowest BCUT2D eigenvalue weighted by atomic mass is 10.1. The van der Waals surface area contributed by atoms with E-state index in [4.69, 9.17) is 0 Å². The van der Waals surface area contributed by atoms with E-state index in [1.807, 2.05) is 49.4 Å². The summed E-state index contributed by atoms with van der Waals surface area (Å²) < 4.78 is 1.02. The van der Waals surface area contributed by atoms with Crippen LogP contribution >= 0.6 is 15.9 Å². The molecule has 1 amide bonds. The van der Waals surface area contributed by atoms with Crippen LogP contribution in [0, 0.1) is 5.92 Å². The molecule has 0 spiro atoms. The third-order valence-electron chi connectivity index (χ3n) is 3.95. The van der Waals surface area contributed by atoms with Crippen molar-refractivity contribution in [3.05, 3.63) is 70.2 Å². The van der Waals surface area contributed by atoms with Gasteiger partial charge in [0.2, 0.25) is 5.91 Å². The van der Waals surface area contributed by atoms with Crippen molar-refractivity contribution in [1.29, 1.82) is 0 Å². The van der Waals surface area contributed by atoms with E-state index in [-0.39, 0.29) is 11.8 Å². The van der Waals surface area contributed by atoms with Crippen LogP contribution in [0.25, 0.3) is 0 Å². The first kappa shape index (κ1) is 15.0. The van der Waals surface area contributed by atoms with Gasteiger partial charge in [0, 0.05) is 10.4 Å². The molecule has 0 unspecified atom stereocenters. The van der Waals surface area contributed by atoms with E-state index in [0.29, 0.717) is 5.92 Å². The maximum Gasteiger partial charge on any atom is 0.243 e. The Morgan fingerprint density at radius 2 is 1.82 bits per heavy atom. The standard InChI is InChI=1S/C18H17BrN2O/c1-12(13-7-9-15(19)10-8-13)20-21-18(22)17-11-16(17)14-5-3-2-4-6-14/h2-10,16-17H,11H2,1H3,(H,21,22)/b20-12-/t16-,17-/m0/s1. The molecule has 1 saturated carbocycles. The molecule has 1 aliphatic carbocycles. The molecule has 1 fully saturated rings. The number of amides is 1. The highest BCUT2D eigenvalue weighted by Gasteiger charge is 2.43. The number of nitrogens with one attached hydrogen (secondary N) is 1. The third kappa shape index (κ3) is 3.45. The van der Waals surface area contributed by atoms with Crippen molar-refractivity contribution in [2.24, 2.45) is 11.0 Å². The van der Waals surface area contributed by atoms with Gasteiger partial charge in [0.25, 0.3) is 0 Å². The fourth-order valence-electron chi connectivity index (χ4n) is 2.53. The second-order valence-corrected chi connectivity index (χ2v) is 6.46. The predicted octanol–water partition coefficient (Wildman–Crippen LogP) is 4.09. The van der Waals surface area contributed by atoms with E-state index >= 15 is 0 Å². The normalized spacial score (nSPS) is 20.5. The number of hydrazone groups is 1. The minimum absolute atomic E-state index is 0.00492. The van der Waals surface area contributed by atoms with Crippen LogP contribution in [0.1, 0.15) is 30.4 Å². The van der Waals surface area contributed by atoms with Crippen molar-refractivity contribution in [1.82, 2.24) is 5.43 Å². The monoisotopic (exact) mass is 356 g/mol. The van der Waals surface area contributed by atoms with Crippen LogP contribution in [0.2, 0.25) is 0 Å². The van der Waals surface area contributed by atoms with Crippen LogP contribution in [0.3, 0.4) is 0 Å². The summed E-state index contributed by atoms with van der Waals surface area (Å²) in [4.78, 5) is 12.2. The quantitative estimate of drug-likeness (QED) is 0.650. The molecule has 4 heteroatoms. The van der Waals surface area contributed by atoms with Gasteiger partial charge in [0.1, 0.15) is 0 Å². The molecule has 0 radical (unpaired) electrons. The number of carbonyl (C=O) groups is 1. The van der Waals surface area contributed by atoms with Crippen molar-refractivity contribution in [3.8, 4) is 0 Å². The molecule has 2 atom stereocenters. The second-order valence-electron chi connectivity index (χ2n) is 5.54. The molecule has 0 saturated heterocycles. The van der Waals surface area contributed by atoms with E-state index in [0.717, 1.165) is 22.2 Å². The molecular weight excluding hydrogens is 340 g/mol. The Bertz CT molecular complexity index is 695. The van der Waals surface area contributed by atoms with Gasteiger partial charge in [-0.25, -0.2) is 5.43 Å². The second kappa shape index (κ2) is 6.44. The number of rotatable bonds is 4. The summed E-state index contributed by atoms with van der Waals surface area (Å²) in [6, 6.07) is 18.0. The zero-order chi connectivity index (χ0) is 15.5. The molecule has 22 heavy (non-hydrogen) atoms. The molecule has 1 N–H and O–H groups in total. The first-order valence-corrected chi connectivity index (χ1v) is 8.09. The molecule has 0 aliphatic heterocycles. The van der Waals surface area contributed by atoms with Crippen molar-refractivity contribution in [2.45, 2.75) is 19.3 Å². The Morgan fingerprint density at radius 1 is 1.14 bits per heavy atom. The first-order valence-electron chi connectivity index (χ1n) is 7.30. The summed E-state index contributed by atoms with van der Waals surface area (Å²) in [6.07, 6.45) is 0.905. The van der Waals surface area contributed by atoms with Gasteiger partial charge in [-0.3, -0.25) is 4.79 Å². The Kier molecular flexibility index (Phi) is 4.39.